The minimum atomic E-state index is -4.64. The van der Waals surface area contributed by atoms with Crippen molar-refractivity contribution in [3.63, 3.8) is 0 Å². The van der Waals surface area contributed by atoms with Crippen LogP contribution in [0.15, 0.2) is 78.9 Å². The van der Waals surface area contributed by atoms with Gasteiger partial charge in [-0.2, -0.15) is 18.3 Å². The Hall–Kier alpha value is -4.37. The number of carbonyl (C=O) groups excluding carboxylic acids is 1. The summed E-state index contributed by atoms with van der Waals surface area (Å²) in [6, 6.07) is 19.8. The van der Waals surface area contributed by atoms with E-state index in [9.17, 15) is 22.4 Å². The van der Waals surface area contributed by atoms with Gasteiger partial charge in [-0.25, -0.2) is 4.39 Å². The number of benzene rings is 4. The lowest BCUT2D eigenvalue weighted by Crippen LogP contribution is -2.07. The first kappa shape index (κ1) is 28.2. The Labute approximate surface area is 237 Å². The third kappa shape index (κ3) is 5.90. The number of fused-ring (bicyclic) bond motifs is 1. The molecule has 0 bridgehead atoms. The van der Waals surface area contributed by atoms with Crippen LogP contribution >= 0.6 is 11.6 Å². The Kier molecular flexibility index (Phi) is 7.73. The fraction of sp³-hybridized carbons (Fsp3) is 0.161. The van der Waals surface area contributed by atoms with Gasteiger partial charge in [0.05, 0.1) is 24.9 Å². The second-order valence-corrected chi connectivity index (χ2v) is 9.78. The van der Waals surface area contributed by atoms with Crippen LogP contribution in [0.4, 0.5) is 17.6 Å². The Morgan fingerprint density at radius 2 is 1.76 bits per heavy atom. The van der Waals surface area contributed by atoms with Crippen LogP contribution in [-0.2, 0) is 19.3 Å². The van der Waals surface area contributed by atoms with Gasteiger partial charge in [-0.3, -0.25) is 9.48 Å². The van der Waals surface area contributed by atoms with Gasteiger partial charge in [0.25, 0.3) is 0 Å². The molecule has 4 aromatic carbocycles. The molecule has 1 aromatic heterocycles. The molecule has 210 valence electrons. The monoisotopic (exact) mass is 582 g/mol. The Bertz CT molecular complexity index is 1760. The molecule has 10 heteroatoms. The summed E-state index contributed by atoms with van der Waals surface area (Å²) in [5.41, 5.74) is 1.10. The number of ether oxygens (including phenoxy) is 2. The molecule has 5 nitrogen and oxygen atoms in total. The minimum Gasteiger partial charge on any atom is -0.496 e. The maximum atomic E-state index is 14.7. The van der Waals surface area contributed by atoms with Crippen LogP contribution in [0.2, 0.25) is 5.02 Å². The molecule has 0 aliphatic rings. The number of nitrogens with zero attached hydrogens (tertiary/aromatic N) is 2. The van der Waals surface area contributed by atoms with Gasteiger partial charge in [0.1, 0.15) is 29.4 Å². The van der Waals surface area contributed by atoms with Crippen LogP contribution in [-0.4, -0.2) is 22.7 Å². The van der Waals surface area contributed by atoms with Crippen molar-refractivity contribution in [2.75, 3.05) is 7.11 Å². The molecule has 0 saturated heterocycles. The van der Waals surface area contributed by atoms with Gasteiger partial charge in [-0.15, -0.1) is 0 Å². The maximum absolute atomic E-state index is 14.7. The van der Waals surface area contributed by atoms with Crippen molar-refractivity contribution in [1.29, 1.82) is 0 Å². The molecule has 0 N–H and O–H groups in total. The maximum Gasteiger partial charge on any atom is 0.418 e. The highest BCUT2D eigenvalue weighted by Gasteiger charge is 2.34. The number of aromatic nitrogens is 2. The molecule has 5 aromatic rings. The van der Waals surface area contributed by atoms with E-state index in [0.717, 1.165) is 12.1 Å². The number of rotatable bonds is 8. The average molecular weight is 583 g/mol. The normalized spacial score (nSPS) is 11.6. The first-order valence-corrected chi connectivity index (χ1v) is 12.8. The molecule has 0 unspecified atom stereocenters. The molecule has 5 rings (SSSR count). The van der Waals surface area contributed by atoms with E-state index in [4.69, 9.17) is 21.1 Å². The van der Waals surface area contributed by atoms with E-state index in [1.54, 1.807) is 48.5 Å². The number of halogens is 5. The number of alkyl halides is 3. The smallest absolute Gasteiger partial charge is 0.418 e. The van der Waals surface area contributed by atoms with Crippen LogP contribution in [0.1, 0.15) is 34.0 Å². The predicted molar refractivity (Wildman–Crippen MR) is 148 cm³/mol. The summed E-state index contributed by atoms with van der Waals surface area (Å²) in [5.74, 6) is 0.257. The van der Waals surface area contributed by atoms with E-state index < -0.39 is 17.6 Å². The number of methoxy groups -OCH3 is 1. The average Bonchev–Trinajstić information content (AvgIpc) is 3.30. The first-order chi connectivity index (χ1) is 19.5. The molecule has 0 radical (unpaired) electrons. The van der Waals surface area contributed by atoms with E-state index in [-0.39, 0.29) is 40.4 Å². The van der Waals surface area contributed by atoms with Gasteiger partial charge in [0.2, 0.25) is 0 Å². The van der Waals surface area contributed by atoms with E-state index in [1.165, 1.54) is 36.9 Å². The zero-order chi connectivity index (χ0) is 29.3. The zero-order valence-corrected chi connectivity index (χ0v) is 22.7. The third-order valence-corrected chi connectivity index (χ3v) is 6.83. The highest BCUT2D eigenvalue weighted by atomic mass is 35.5. The van der Waals surface area contributed by atoms with Gasteiger partial charge < -0.3 is 9.47 Å². The summed E-state index contributed by atoms with van der Waals surface area (Å²) in [6.07, 6.45) is -4.64. The highest BCUT2D eigenvalue weighted by Crippen LogP contribution is 2.39. The Morgan fingerprint density at radius 3 is 2.46 bits per heavy atom. The van der Waals surface area contributed by atoms with Gasteiger partial charge in [0.15, 0.2) is 5.78 Å². The van der Waals surface area contributed by atoms with Crippen LogP contribution in [0.3, 0.4) is 0 Å². The van der Waals surface area contributed by atoms with Crippen molar-refractivity contribution in [2.24, 2.45) is 0 Å². The molecule has 0 aliphatic heterocycles. The van der Waals surface area contributed by atoms with Gasteiger partial charge in [-0.1, -0.05) is 41.9 Å². The van der Waals surface area contributed by atoms with Crippen molar-refractivity contribution in [2.45, 2.75) is 26.3 Å². The highest BCUT2D eigenvalue weighted by molar-refractivity contribution is 6.30. The third-order valence-electron chi connectivity index (χ3n) is 6.60. The van der Waals surface area contributed by atoms with Gasteiger partial charge in [0, 0.05) is 32.7 Å². The number of hydrogen-bond donors (Lipinski definition) is 0. The predicted octanol–water partition coefficient (Wildman–Crippen LogP) is 8.35. The molecule has 0 fully saturated rings. The van der Waals surface area contributed by atoms with E-state index in [2.05, 4.69) is 5.10 Å². The topological polar surface area (TPSA) is 53.4 Å². The van der Waals surface area contributed by atoms with Gasteiger partial charge in [-0.05, 0) is 55.5 Å². The van der Waals surface area contributed by atoms with Gasteiger partial charge >= 0.3 is 6.18 Å². The Morgan fingerprint density at radius 1 is 0.976 bits per heavy atom. The second-order valence-electron chi connectivity index (χ2n) is 9.34. The number of hydrogen-bond acceptors (Lipinski definition) is 4. The quantitative estimate of drug-likeness (QED) is 0.136. The van der Waals surface area contributed by atoms with E-state index in [1.807, 2.05) is 0 Å². The molecular formula is C31H23ClF4N2O3. The van der Waals surface area contributed by atoms with Crippen LogP contribution in [0.5, 0.6) is 11.5 Å². The standard InChI is InChI=1S/C31H23ClF4N2O3/c1-18(39)19-10-12-28(40-2)22(13-19)17-41-24-6-3-5-20(14-24)30-25-7-4-8-26(31(34,35)36)29(25)37-38(30)16-21-9-11-23(32)15-27(21)33/h3-15H,16-17H2,1-2H3. The molecule has 0 saturated carbocycles. The molecule has 0 atom stereocenters. The molecule has 41 heavy (non-hydrogen) atoms. The van der Waals surface area contributed by atoms with Crippen molar-refractivity contribution in [3.05, 3.63) is 112 Å². The summed E-state index contributed by atoms with van der Waals surface area (Å²) in [6.45, 7) is 1.40. The lowest BCUT2D eigenvalue weighted by Gasteiger charge is -2.13. The number of ketones is 1. The fourth-order valence-corrected chi connectivity index (χ4v) is 4.77. The van der Waals surface area contributed by atoms with Crippen LogP contribution in [0.25, 0.3) is 22.2 Å². The summed E-state index contributed by atoms with van der Waals surface area (Å²) < 4.78 is 69.1. The summed E-state index contributed by atoms with van der Waals surface area (Å²) in [5, 5.41) is 4.75. The first-order valence-electron chi connectivity index (χ1n) is 12.5. The second kappa shape index (κ2) is 11.2. The van der Waals surface area contributed by atoms with Crippen molar-refractivity contribution in [1.82, 2.24) is 9.78 Å². The Balaban J connectivity index is 1.57. The SMILES string of the molecule is COc1ccc(C(C)=O)cc1COc1cccc(-c2c3cccc(C(F)(F)F)c3nn2Cc2ccc(Cl)cc2F)c1. The largest absolute Gasteiger partial charge is 0.496 e. The molecule has 0 aliphatic carbocycles. The molecular weight excluding hydrogens is 560 g/mol. The molecule has 0 spiro atoms. The zero-order valence-electron chi connectivity index (χ0n) is 21.9. The number of Topliss-reactive ketones (excluding diaryl/α,β-unsaturated/α-hetero) is 1. The van der Waals surface area contributed by atoms with Crippen LogP contribution < -0.4 is 9.47 Å². The molecule has 0 amide bonds. The molecule has 1 heterocycles. The van der Waals surface area contributed by atoms with Crippen LogP contribution in [0, 0.1) is 5.82 Å². The number of carbonyl (C=O) groups is 1. The lowest BCUT2D eigenvalue weighted by molar-refractivity contribution is -0.136. The van der Waals surface area contributed by atoms with Crippen molar-refractivity contribution >= 4 is 28.3 Å². The van der Waals surface area contributed by atoms with Crippen molar-refractivity contribution < 1.29 is 31.8 Å². The van der Waals surface area contributed by atoms with E-state index in [0.29, 0.717) is 33.9 Å². The minimum absolute atomic E-state index is 0.0714. The summed E-state index contributed by atoms with van der Waals surface area (Å²) in [4.78, 5) is 11.9. The lowest BCUT2D eigenvalue weighted by atomic mass is 10.0. The van der Waals surface area contributed by atoms with E-state index >= 15 is 0 Å². The summed E-state index contributed by atoms with van der Waals surface area (Å²) in [7, 11) is 1.51. The summed E-state index contributed by atoms with van der Waals surface area (Å²) >= 11 is 5.89. The fourth-order valence-electron chi connectivity index (χ4n) is 4.62. The van der Waals surface area contributed by atoms with Crippen molar-refractivity contribution in [3.8, 4) is 22.8 Å².